The van der Waals surface area contributed by atoms with Crippen molar-refractivity contribution < 1.29 is 22.7 Å². The highest BCUT2D eigenvalue weighted by molar-refractivity contribution is 7.92. The Morgan fingerprint density at radius 1 is 1.00 bits per heavy atom. The van der Waals surface area contributed by atoms with E-state index in [-0.39, 0.29) is 21.8 Å². The first-order chi connectivity index (χ1) is 16.0. The number of sulfone groups is 1. The van der Waals surface area contributed by atoms with Gasteiger partial charge in [0.2, 0.25) is 0 Å². The molecule has 8 heteroatoms. The zero-order chi connectivity index (χ0) is 24.5. The van der Waals surface area contributed by atoms with Crippen molar-refractivity contribution in [1.29, 1.82) is 0 Å². The van der Waals surface area contributed by atoms with Crippen LogP contribution in [0.5, 0.6) is 11.5 Å². The Balaban J connectivity index is 1.53. The number of carbonyl (C=O) groups is 1. The van der Waals surface area contributed by atoms with Crippen molar-refractivity contribution in [2.24, 2.45) is 0 Å². The maximum absolute atomic E-state index is 13.4. The molecule has 0 saturated heterocycles. The summed E-state index contributed by atoms with van der Waals surface area (Å²) in [7, 11) is -3.36. The van der Waals surface area contributed by atoms with Gasteiger partial charge in [0.25, 0.3) is 5.91 Å². The van der Waals surface area contributed by atoms with E-state index in [1.54, 1.807) is 11.0 Å². The molecular weight excluding hydrogens is 470 g/mol. The highest BCUT2D eigenvalue weighted by Gasteiger charge is 2.32. The van der Waals surface area contributed by atoms with Crippen LogP contribution >= 0.6 is 11.3 Å². The molecule has 0 unspecified atom stereocenters. The van der Waals surface area contributed by atoms with E-state index >= 15 is 0 Å². The predicted octanol–water partition coefficient (Wildman–Crippen LogP) is 4.98. The normalized spacial score (nSPS) is 16.1. The number of fused-ring (bicyclic) bond motifs is 1. The molecule has 1 amide bonds. The van der Waals surface area contributed by atoms with Crippen molar-refractivity contribution in [3.05, 3.63) is 76.7 Å². The van der Waals surface area contributed by atoms with Crippen LogP contribution in [0.25, 0.3) is 0 Å². The SMILES string of the molecule is CC(C)(C)Oc1ccc(OC[C@@H]2Cc3ccccc3CN2C(=O)c2ccc(S(C)(=O)=O)s2)cc1. The lowest BCUT2D eigenvalue weighted by Gasteiger charge is -2.36. The molecule has 0 saturated carbocycles. The Labute approximate surface area is 205 Å². The first-order valence-corrected chi connectivity index (χ1v) is 13.8. The van der Waals surface area contributed by atoms with Crippen LogP contribution in [0.2, 0.25) is 0 Å². The van der Waals surface area contributed by atoms with Crippen molar-refractivity contribution in [2.45, 2.75) is 49.6 Å². The number of rotatable bonds is 6. The molecule has 0 bridgehead atoms. The van der Waals surface area contributed by atoms with Crippen LogP contribution in [-0.2, 0) is 22.8 Å². The average Bonchev–Trinajstić information content (AvgIpc) is 3.27. The molecule has 1 atom stereocenters. The van der Waals surface area contributed by atoms with E-state index in [2.05, 4.69) is 6.07 Å². The van der Waals surface area contributed by atoms with Gasteiger partial charge in [0, 0.05) is 12.8 Å². The van der Waals surface area contributed by atoms with Gasteiger partial charge in [0.15, 0.2) is 9.84 Å². The average molecular weight is 500 g/mol. The fourth-order valence-corrected chi connectivity index (χ4v) is 5.78. The zero-order valence-electron chi connectivity index (χ0n) is 19.8. The number of ether oxygens (including phenoxy) is 2. The Morgan fingerprint density at radius 2 is 1.65 bits per heavy atom. The molecule has 2 aromatic carbocycles. The van der Waals surface area contributed by atoms with Gasteiger partial charge in [-0.25, -0.2) is 8.42 Å². The Hall–Kier alpha value is -2.84. The highest BCUT2D eigenvalue weighted by atomic mass is 32.2. The fourth-order valence-electron chi connectivity index (χ4n) is 3.90. The molecule has 1 aliphatic heterocycles. The molecule has 34 heavy (non-hydrogen) atoms. The number of amides is 1. The van der Waals surface area contributed by atoms with Crippen molar-refractivity contribution in [1.82, 2.24) is 4.90 Å². The van der Waals surface area contributed by atoms with Crippen LogP contribution in [0.4, 0.5) is 0 Å². The molecule has 1 aromatic heterocycles. The quantitative estimate of drug-likeness (QED) is 0.479. The molecule has 6 nitrogen and oxygen atoms in total. The van der Waals surface area contributed by atoms with Gasteiger partial charge in [-0.15, -0.1) is 11.3 Å². The second-order valence-electron chi connectivity index (χ2n) is 9.45. The number of benzene rings is 2. The van der Waals surface area contributed by atoms with Crippen molar-refractivity contribution in [3.63, 3.8) is 0 Å². The third-order valence-electron chi connectivity index (χ3n) is 5.46. The molecule has 180 valence electrons. The second-order valence-corrected chi connectivity index (χ2v) is 12.8. The van der Waals surface area contributed by atoms with Gasteiger partial charge in [-0.1, -0.05) is 24.3 Å². The summed E-state index contributed by atoms with van der Waals surface area (Å²) in [5, 5.41) is 0. The predicted molar refractivity (Wildman–Crippen MR) is 134 cm³/mol. The zero-order valence-corrected chi connectivity index (χ0v) is 21.4. The molecule has 0 spiro atoms. The van der Waals surface area contributed by atoms with E-state index in [9.17, 15) is 13.2 Å². The van der Waals surface area contributed by atoms with Gasteiger partial charge in [-0.3, -0.25) is 4.79 Å². The van der Waals surface area contributed by atoms with Crippen LogP contribution in [-0.4, -0.2) is 43.7 Å². The van der Waals surface area contributed by atoms with Gasteiger partial charge in [0.05, 0.1) is 10.9 Å². The minimum absolute atomic E-state index is 0.183. The van der Waals surface area contributed by atoms with Gasteiger partial charge < -0.3 is 14.4 Å². The van der Waals surface area contributed by atoms with Crippen LogP contribution < -0.4 is 9.47 Å². The molecule has 4 rings (SSSR count). The van der Waals surface area contributed by atoms with Crippen molar-refractivity contribution in [2.75, 3.05) is 12.9 Å². The number of hydrogen-bond acceptors (Lipinski definition) is 6. The maximum Gasteiger partial charge on any atom is 0.264 e. The van der Waals surface area contributed by atoms with Crippen LogP contribution in [0.3, 0.4) is 0 Å². The van der Waals surface area contributed by atoms with E-state index in [1.165, 1.54) is 11.6 Å². The van der Waals surface area contributed by atoms with Crippen molar-refractivity contribution in [3.8, 4) is 11.5 Å². The van der Waals surface area contributed by atoms with E-state index in [1.807, 2.05) is 63.2 Å². The van der Waals surface area contributed by atoms with E-state index in [0.717, 1.165) is 28.9 Å². The second kappa shape index (κ2) is 9.43. The Bertz CT molecular complexity index is 1270. The number of thiophene rings is 1. The number of nitrogens with zero attached hydrogens (tertiary/aromatic N) is 1. The summed E-state index contributed by atoms with van der Waals surface area (Å²) in [5.41, 5.74) is 2.00. The minimum Gasteiger partial charge on any atom is -0.491 e. The fraction of sp³-hybridized carbons (Fsp3) is 0.346. The monoisotopic (exact) mass is 499 g/mol. The van der Waals surface area contributed by atoms with E-state index < -0.39 is 9.84 Å². The lowest BCUT2D eigenvalue weighted by Crippen LogP contribution is -2.47. The van der Waals surface area contributed by atoms with Gasteiger partial charge in [-0.05, 0) is 74.7 Å². The van der Waals surface area contributed by atoms with Crippen LogP contribution in [0, 0.1) is 0 Å². The summed E-state index contributed by atoms with van der Waals surface area (Å²) < 4.78 is 35.9. The molecular formula is C26H29NO5S2. The van der Waals surface area contributed by atoms with Crippen molar-refractivity contribution >= 4 is 27.1 Å². The summed E-state index contributed by atoms with van der Waals surface area (Å²) in [6, 6.07) is 18.4. The largest absolute Gasteiger partial charge is 0.491 e. The van der Waals surface area contributed by atoms with Gasteiger partial charge >= 0.3 is 0 Å². The summed E-state index contributed by atoms with van der Waals surface area (Å²) in [5.74, 6) is 1.28. The van der Waals surface area contributed by atoms with Crippen LogP contribution in [0.1, 0.15) is 41.6 Å². The standard InChI is InChI=1S/C26H29NO5S2/c1-26(2,3)32-22-11-9-21(10-12-22)31-17-20-15-18-7-5-6-8-19(18)16-27(20)25(28)23-13-14-24(33-23)34(4,29)30/h5-14,20H,15-17H2,1-4H3/t20-/m0/s1. The summed E-state index contributed by atoms with van der Waals surface area (Å²) in [4.78, 5) is 15.6. The first kappa shape index (κ1) is 24.3. The topological polar surface area (TPSA) is 72.9 Å². The summed E-state index contributed by atoms with van der Waals surface area (Å²) in [6.07, 6.45) is 1.82. The molecule has 0 aliphatic carbocycles. The lowest BCUT2D eigenvalue weighted by molar-refractivity contribution is 0.0571. The minimum atomic E-state index is -3.36. The molecule has 0 radical (unpaired) electrons. The van der Waals surface area contributed by atoms with Crippen LogP contribution in [0.15, 0.2) is 64.9 Å². The molecule has 1 aliphatic rings. The van der Waals surface area contributed by atoms with Gasteiger partial charge in [-0.2, -0.15) is 0 Å². The summed E-state index contributed by atoms with van der Waals surface area (Å²) in [6.45, 7) is 6.76. The summed E-state index contributed by atoms with van der Waals surface area (Å²) >= 11 is 1.01. The van der Waals surface area contributed by atoms with E-state index in [4.69, 9.17) is 9.47 Å². The molecule has 3 aromatic rings. The van der Waals surface area contributed by atoms with Gasteiger partial charge in [0.1, 0.15) is 27.9 Å². The lowest BCUT2D eigenvalue weighted by atomic mass is 9.94. The maximum atomic E-state index is 13.4. The third kappa shape index (κ3) is 5.80. The Morgan fingerprint density at radius 3 is 2.26 bits per heavy atom. The molecule has 0 N–H and O–H groups in total. The number of hydrogen-bond donors (Lipinski definition) is 0. The number of carbonyl (C=O) groups excluding carboxylic acids is 1. The first-order valence-electron chi connectivity index (χ1n) is 11.1. The molecule has 2 heterocycles. The highest BCUT2D eigenvalue weighted by Crippen LogP contribution is 2.29. The molecule has 0 fully saturated rings. The van der Waals surface area contributed by atoms with E-state index in [0.29, 0.717) is 30.2 Å². The third-order valence-corrected chi connectivity index (χ3v) is 8.36. The smallest absolute Gasteiger partial charge is 0.264 e. The Kier molecular flexibility index (Phi) is 6.73.